The standard InChI is InChI=1S/C24H24FN5O2/c1-13(18-4-3-5-19-21(25)12-31-23(18)19)27-24-20-8-15(9-26-22(20)14(2)28-29-24)30-10-16-6-7-17(11-30)32-16/h3-5,8-9,12-13,16-17H,6-7,10-11H2,1-2H3,(H,27,29)/t13-,16?,17?/m1/s1. The first-order valence-electron chi connectivity index (χ1n) is 11.0. The predicted molar refractivity (Wildman–Crippen MR) is 120 cm³/mol. The zero-order valence-corrected chi connectivity index (χ0v) is 18.0. The number of fused-ring (bicyclic) bond motifs is 4. The fourth-order valence-electron chi connectivity index (χ4n) is 4.93. The van der Waals surface area contributed by atoms with E-state index in [2.05, 4.69) is 26.5 Å². The third-order valence-electron chi connectivity index (χ3n) is 6.58. The Morgan fingerprint density at radius 2 is 1.97 bits per heavy atom. The second kappa shape index (κ2) is 7.41. The molecule has 6 rings (SSSR count). The van der Waals surface area contributed by atoms with E-state index in [1.165, 1.54) is 0 Å². The monoisotopic (exact) mass is 433 g/mol. The van der Waals surface area contributed by atoms with Crippen molar-refractivity contribution in [3.05, 3.63) is 53.8 Å². The molecule has 1 N–H and O–H groups in total. The lowest BCUT2D eigenvalue weighted by Gasteiger charge is -2.33. The summed E-state index contributed by atoms with van der Waals surface area (Å²) in [5.74, 6) is 0.288. The summed E-state index contributed by atoms with van der Waals surface area (Å²) in [6.07, 6.45) is 5.91. The minimum absolute atomic E-state index is 0.174. The maximum absolute atomic E-state index is 14.0. The van der Waals surface area contributed by atoms with Crippen LogP contribution >= 0.6 is 0 Å². The molecule has 4 aromatic rings. The van der Waals surface area contributed by atoms with Gasteiger partial charge in [0.05, 0.1) is 46.7 Å². The van der Waals surface area contributed by atoms with Crippen LogP contribution in [-0.4, -0.2) is 40.5 Å². The Kier molecular flexibility index (Phi) is 4.50. The first kappa shape index (κ1) is 19.4. The zero-order chi connectivity index (χ0) is 21.8. The summed E-state index contributed by atoms with van der Waals surface area (Å²) in [6.45, 7) is 5.68. The van der Waals surface area contributed by atoms with Crippen molar-refractivity contribution in [2.45, 2.75) is 44.9 Å². The third kappa shape index (κ3) is 3.17. The molecular weight excluding hydrogens is 409 g/mol. The second-order valence-electron chi connectivity index (χ2n) is 8.76. The van der Waals surface area contributed by atoms with E-state index in [1.807, 2.05) is 32.2 Å². The van der Waals surface area contributed by atoms with E-state index >= 15 is 0 Å². The van der Waals surface area contributed by atoms with Crippen molar-refractivity contribution in [3.63, 3.8) is 0 Å². The number of rotatable bonds is 4. The molecule has 2 aliphatic rings. The van der Waals surface area contributed by atoms with Crippen LogP contribution in [0.1, 0.15) is 37.1 Å². The van der Waals surface area contributed by atoms with Crippen molar-refractivity contribution >= 4 is 33.4 Å². The van der Waals surface area contributed by atoms with Gasteiger partial charge in [0.15, 0.2) is 11.6 Å². The predicted octanol–water partition coefficient (Wildman–Crippen LogP) is 4.76. The van der Waals surface area contributed by atoms with E-state index in [1.54, 1.807) is 6.07 Å². The Morgan fingerprint density at radius 1 is 1.16 bits per heavy atom. The Balaban J connectivity index is 1.37. The molecule has 2 fully saturated rings. The number of anilines is 2. The quantitative estimate of drug-likeness (QED) is 0.497. The van der Waals surface area contributed by atoms with Crippen LogP contribution in [0.2, 0.25) is 0 Å². The first-order chi connectivity index (χ1) is 15.6. The Morgan fingerprint density at radius 3 is 2.78 bits per heavy atom. The highest BCUT2D eigenvalue weighted by Crippen LogP contribution is 2.34. The molecular formula is C24H24FN5O2. The van der Waals surface area contributed by atoms with E-state index in [0.29, 0.717) is 29.0 Å². The molecule has 5 heterocycles. The van der Waals surface area contributed by atoms with Gasteiger partial charge in [0.1, 0.15) is 11.8 Å². The second-order valence-corrected chi connectivity index (χ2v) is 8.76. The average Bonchev–Trinajstić information content (AvgIpc) is 3.36. The number of morpholine rings is 1. The molecule has 32 heavy (non-hydrogen) atoms. The van der Waals surface area contributed by atoms with Crippen LogP contribution in [0.3, 0.4) is 0 Å². The van der Waals surface area contributed by atoms with E-state index in [4.69, 9.17) is 14.1 Å². The van der Waals surface area contributed by atoms with Crippen LogP contribution in [0.5, 0.6) is 0 Å². The number of ether oxygens (including phenoxy) is 1. The molecule has 0 amide bonds. The number of hydrogen-bond acceptors (Lipinski definition) is 7. The summed E-state index contributed by atoms with van der Waals surface area (Å²) in [5, 5.41) is 13.6. The van der Waals surface area contributed by atoms with Crippen molar-refractivity contribution in [2.24, 2.45) is 0 Å². The molecule has 0 aliphatic carbocycles. The molecule has 2 bridgehead atoms. The van der Waals surface area contributed by atoms with Gasteiger partial charge >= 0.3 is 0 Å². The highest BCUT2D eigenvalue weighted by Gasteiger charge is 2.34. The Hall–Kier alpha value is -3.26. The van der Waals surface area contributed by atoms with E-state index < -0.39 is 0 Å². The summed E-state index contributed by atoms with van der Waals surface area (Å²) in [6, 6.07) is 7.45. The number of nitrogens with one attached hydrogen (secondary N) is 1. The number of halogens is 1. The molecule has 0 saturated carbocycles. The summed E-state index contributed by atoms with van der Waals surface area (Å²) in [7, 11) is 0. The molecule has 164 valence electrons. The lowest BCUT2D eigenvalue weighted by molar-refractivity contribution is 0.0305. The summed E-state index contributed by atoms with van der Waals surface area (Å²) in [4.78, 5) is 7.08. The van der Waals surface area contributed by atoms with Crippen LogP contribution in [0.15, 0.2) is 41.1 Å². The number of hydrogen-bond donors (Lipinski definition) is 1. The molecule has 7 nitrogen and oxygen atoms in total. The summed E-state index contributed by atoms with van der Waals surface area (Å²) >= 11 is 0. The van der Waals surface area contributed by atoms with Crippen molar-refractivity contribution < 1.29 is 13.5 Å². The average molecular weight is 433 g/mol. The largest absolute Gasteiger partial charge is 0.461 e. The number of pyridine rings is 1. The van der Waals surface area contributed by atoms with Crippen LogP contribution < -0.4 is 10.2 Å². The number of furan rings is 1. The molecule has 1 aromatic carbocycles. The van der Waals surface area contributed by atoms with Crippen molar-refractivity contribution in [3.8, 4) is 0 Å². The Bertz CT molecular complexity index is 1310. The van der Waals surface area contributed by atoms with Gasteiger partial charge in [-0.3, -0.25) is 4.98 Å². The maximum Gasteiger partial charge on any atom is 0.169 e. The third-order valence-corrected chi connectivity index (χ3v) is 6.58. The molecule has 2 aliphatic heterocycles. The lowest BCUT2D eigenvalue weighted by atomic mass is 10.1. The van der Waals surface area contributed by atoms with E-state index in [-0.39, 0.29) is 11.9 Å². The maximum atomic E-state index is 14.0. The van der Waals surface area contributed by atoms with Crippen molar-refractivity contribution in [1.82, 2.24) is 15.2 Å². The van der Waals surface area contributed by atoms with Crippen molar-refractivity contribution in [1.29, 1.82) is 0 Å². The molecule has 8 heteroatoms. The van der Waals surface area contributed by atoms with Gasteiger partial charge in [0.2, 0.25) is 0 Å². The minimum Gasteiger partial charge on any atom is -0.461 e. The smallest absolute Gasteiger partial charge is 0.169 e. The van der Waals surface area contributed by atoms with Crippen LogP contribution in [0.4, 0.5) is 15.9 Å². The van der Waals surface area contributed by atoms with Crippen LogP contribution in [-0.2, 0) is 4.74 Å². The molecule has 3 aromatic heterocycles. The first-order valence-corrected chi connectivity index (χ1v) is 11.0. The molecule has 3 atom stereocenters. The van der Waals surface area contributed by atoms with Gasteiger partial charge in [-0.25, -0.2) is 4.39 Å². The summed E-state index contributed by atoms with van der Waals surface area (Å²) < 4.78 is 25.5. The van der Waals surface area contributed by atoms with Gasteiger partial charge in [0, 0.05) is 24.0 Å². The van der Waals surface area contributed by atoms with E-state index in [0.717, 1.165) is 60.0 Å². The van der Waals surface area contributed by atoms with Gasteiger partial charge in [-0.15, -0.1) is 5.10 Å². The number of aryl methyl sites for hydroxylation is 1. The lowest BCUT2D eigenvalue weighted by Crippen LogP contribution is -2.42. The fourth-order valence-corrected chi connectivity index (χ4v) is 4.93. The Labute approximate surface area is 184 Å². The molecule has 0 spiro atoms. The highest BCUT2D eigenvalue weighted by atomic mass is 19.1. The highest BCUT2D eigenvalue weighted by molar-refractivity contribution is 5.92. The van der Waals surface area contributed by atoms with Crippen molar-refractivity contribution in [2.75, 3.05) is 23.3 Å². The number of benzene rings is 1. The van der Waals surface area contributed by atoms with Gasteiger partial charge in [0.25, 0.3) is 0 Å². The topological polar surface area (TPSA) is 76.3 Å². The molecule has 2 unspecified atom stereocenters. The number of para-hydroxylation sites is 1. The van der Waals surface area contributed by atoms with Gasteiger partial charge in [-0.2, -0.15) is 5.10 Å². The van der Waals surface area contributed by atoms with Crippen LogP contribution in [0.25, 0.3) is 21.9 Å². The SMILES string of the molecule is Cc1nnc(N[C@H](C)c2cccc3c(F)coc23)c2cc(N3CC4CCC(C3)O4)cnc12. The van der Waals surface area contributed by atoms with E-state index in [9.17, 15) is 4.39 Å². The number of aromatic nitrogens is 3. The zero-order valence-electron chi connectivity index (χ0n) is 18.0. The molecule has 2 saturated heterocycles. The fraction of sp³-hybridized carbons (Fsp3) is 0.375. The normalized spacial score (nSPS) is 21.4. The van der Waals surface area contributed by atoms with Gasteiger partial charge < -0.3 is 19.4 Å². The van der Waals surface area contributed by atoms with Gasteiger partial charge in [-0.1, -0.05) is 12.1 Å². The molecule has 0 radical (unpaired) electrons. The summed E-state index contributed by atoms with van der Waals surface area (Å²) in [5.41, 5.74) is 4.06. The van der Waals surface area contributed by atoms with Gasteiger partial charge in [-0.05, 0) is 38.8 Å². The van der Waals surface area contributed by atoms with Crippen LogP contribution in [0, 0.1) is 12.7 Å². The number of nitrogens with zero attached hydrogens (tertiary/aromatic N) is 4. The minimum atomic E-state index is -0.358.